The van der Waals surface area contributed by atoms with Crippen LogP contribution in [0.4, 0.5) is 0 Å². The first-order chi connectivity index (χ1) is 12.8. The molecular formula is C20H32N4O2. The van der Waals surface area contributed by atoms with Crippen LogP contribution in [0.3, 0.4) is 0 Å². The lowest BCUT2D eigenvalue weighted by Gasteiger charge is -2.32. The van der Waals surface area contributed by atoms with E-state index < -0.39 is 0 Å². The fourth-order valence-corrected chi connectivity index (χ4v) is 3.62. The molecule has 6 nitrogen and oxygen atoms in total. The second-order valence-electron chi connectivity index (χ2n) is 6.94. The van der Waals surface area contributed by atoms with Crippen molar-refractivity contribution >= 4 is 5.96 Å². The molecule has 0 radical (unpaired) electrons. The standard InChI is InChI=1S/C20H32N4O2/c1-3-21-20(22-8-12-26-19-6-4-5-17(2)15-19)24-9-7-18(16-24)23-10-13-25-14-11-23/h4-6,15,18H,3,7-14,16H2,1-2H3,(H,21,22). The molecule has 2 aliphatic heterocycles. The highest BCUT2D eigenvalue weighted by Gasteiger charge is 2.30. The molecule has 1 atom stereocenters. The Bertz CT molecular complexity index is 587. The number of rotatable bonds is 6. The van der Waals surface area contributed by atoms with Gasteiger partial charge in [0.05, 0.1) is 19.8 Å². The number of ether oxygens (including phenoxy) is 2. The zero-order chi connectivity index (χ0) is 18.2. The number of guanidine groups is 1. The van der Waals surface area contributed by atoms with Crippen LogP contribution < -0.4 is 10.1 Å². The maximum Gasteiger partial charge on any atom is 0.194 e. The van der Waals surface area contributed by atoms with Gasteiger partial charge in [0.1, 0.15) is 12.4 Å². The van der Waals surface area contributed by atoms with Gasteiger partial charge >= 0.3 is 0 Å². The van der Waals surface area contributed by atoms with Gasteiger partial charge in [0.2, 0.25) is 0 Å². The lowest BCUT2D eigenvalue weighted by atomic mass is 10.2. The minimum Gasteiger partial charge on any atom is -0.492 e. The fourth-order valence-electron chi connectivity index (χ4n) is 3.62. The van der Waals surface area contributed by atoms with Crippen molar-refractivity contribution in [2.75, 3.05) is 59.1 Å². The number of morpholine rings is 1. The lowest BCUT2D eigenvalue weighted by molar-refractivity contribution is 0.0195. The summed E-state index contributed by atoms with van der Waals surface area (Å²) in [6.07, 6.45) is 1.20. The van der Waals surface area contributed by atoms with Gasteiger partial charge in [-0.15, -0.1) is 0 Å². The van der Waals surface area contributed by atoms with Gasteiger partial charge in [0, 0.05) is 38.8 Å². The maximum atomic E-state index is 5.82. The molecule has 0 aliphatic carbocycles. The van der Waals surface area contributed by atoms with Crippen LogP contribution in [0.2, 0.25) is 0 Å². The molecule has 1 aromatic rings. The molecule has 0 aromatic heterocycles. The minimum absolute atomic E-state index is 0.596. The molecule has 0 saturated carbocycles. The Balaban J connectivity index is 1.49. The van der Waals surface area contributed by atoms with Crippen LogP contribution >= 0.6 is 0 Å². The van der Waals surface area contributed by atoms with Crippen LogP contribution in [-0.2, 0) is 4.74 Å². The first-order valence-corrected chi connectivity index (χ1v) is 9.81. The van der Waals surface area contributed by atoms with Gasteiger partial charge in [-0.1, -0.05) is 12.1 Å². The zero-order valence-electron chi connectivity index (χ0n) is 16.1. The van der Waals surface area contributed by atoms with Gasteiger partial charge in [-0.2, -0.15) is 0 Å². The van der Waals surface area contributed by atoms with Gasteiger partial charge < -0.3 is 19.7 Å². The number of likely N-dealkylation sites (tertiary alicyclic amines) is 1. The summed E-state index contributed by atoms with van der Waals surface area (Å²) in [6.45, 7) is 12.3. The third-order valence-corrected chi connectivity index (χ3v) is 4.97. The number of hydrogen-bond acceptors (Lipinski definition) is 4. The number of hydrogen-bond donors (Lipinski definition) is 1. The van der Waals surface area contributed by atoms with E-state index in [1.54, 1.807) is 0 Å². The smallest absolute Gasteiger partial charge is 0.194 e. The molecule has 6 heteroatoms. The van der Waals surface area contributed by atoms with E-state index in [2.05, 4.69) is 41.1 Å². The summed E-state index contributed by atoms with van der Waals surface area (Å²) in [5.74, 6) is 1.93. The van der Waals surface area contributed by atoms with Crippen molar-refractivity contribution in [3.8, 4) is 5.75 Å². The van der Waals surface area contributed by atoms with Gasteiger partial charge in [-0.3, -0.25) is 4.90 Å². The molecule has 2 heterocycles. The quantitative estimate of drug-likeness (QED) is 0.476. The van der Waals surface area contributed by atoms with Crippen LogP contribution in [0.15, 0.2) is 29.3 Å². The molecule has 3 rings (SSSR count). The van der Waals surface area contributed by atoms with E-state index in [9.17, 15) is 0 Å². The molecule has 1 aromatic carbocycles. The third kappa shape index (κ3) is 5.35. The molecule has 0 spiro atoms. The van der Waals surface area contributed by atoms with Crippen molar-refractivity contribution in [3.63, 3.8) is 0 Å². The van der Waals surface area contributed by atoms with E-state index >= 15 is 0 Å². The Morgan fingerprint density at radius 2 is 2.15 bits per heavy atom. The summed E-state index contributed by atoms with van der Waals surface area (Å²) in [5, 5.41) is 3.43. The molecule has 0 bridgehead atoms. The molecule has 1 unspecified atom stereocenters. The van der Waals surface area contributed by atoms with Gasteiger partial charge in [-0.05, 0) is 38.0 Å². The summed E-state index contributed by atoms with van der Waals surface area (Å²) in [4.78, 5) is 9.72. The van der Waals surface area contributed by atoms with Gasteiger partial charge in [-0.25, -0.2) is 4.99 Å². The van der Waals surface area contributed by atoms with Crippen molar-refractivity contribution in [2.24, 2.45) is 4.99 Å². The van der Waals surface area contributed by atoms with Crippen molar-refractivity contribution in [2.45, 2.75) is 26.3 Å². The molecule has 2 fully saturated rings. The summed E-state index contributed by atoms with van der Waals surface area (Å²) >= 11 is 0. The predicted molar refractivity (Wildman–Crippen MR) is 105 cm³/mol. The monoisotopic (exact) mass is 360 g/mol. The summed E-state index contributed by atoms with van der Waals surface area (Å²) in [6, 6.07) is 8.77. The van der Waals surface area contributed by atoms with Crippen molar-refractivity contribution in [3.05, 3.63) is 29.8 Å². The van der Waals surface area contributed by atoms with E-state index in [1.165, 1.54) is 12.0 Å². The zero-order valence-corrected chi connectivity index (χ0v) is 16.1. The molecular weight excluding hydrogens is 328 g/mol. The van der Waals surface area contributed by atoms with E-state index in [0.717, 1.165) is 57.6 Å². The number of aryl methyl sites for hydroxylation is 1. The van der Waals surface area contributed by atoms with Crippen LogP contribution in [0.5, 0.6) is 5.75 Å². The van der Waals surface area contributed by atoms with Crippen LogP contribution in [0.1, 0.15) is 18.9 Å². The number of nitrogens with zero attached hydrogens (tertiary/aromatic N) is 3. The maximum absolute atomic E-state index is 5.82. The van der Waals surface area contributed by atoms with E-state index in [0.29, 0.717) is 19.2 Å². The largest absolute Gasteiger partial charge is 0.492 e. The van der Waals surface area contributed by atoms with Crippen LogP contribution in [0, 0.1) is 6.92 Å². The average molecular weight is 361 g/mol. The average Bonchev–Trinajstić information content (AvgIpc) is 3.15. The molecule has 1 N–H and O–H groups in total. The fraction of sp³-hybridized carbons (Fsp3) is 0.650. The highest BCUT2D eigenvalue weighted by atomic mass is 16.5. The van der Waals surface area contributed by atoms with Crippen LogP contribution in [0.25, 0.3) is 0 Å². The number of benzene rings is 1. The summed E-state index contributed by atoms with van der Waals surface area (Å²) in [7, 11) is 0. The molecule has 0 amide bonds. The third-order valence-electron chi connectivity index (χ3n) is 4.97. The Hall–Kier alpha value is -1.79. The Morgan fingerprint density at radius 1 is 1.31 bits per heavy atom. The number of aliphatic imine (C=N–C) groups is 1. The van der Waals surface area contributed by atoms with Crippen molar-refractivity contribution in [1.82, 2.24) is 15.1 Å². The van der Waals surface area contributed by atoms with E-state index in [-0.39, 0.29) is 0 Å². The molecule has 144 valence electrons. The first-order valence-electron chi connectivity index (χ1n) is 9.81. The van der Waals surface area contributed by atoms with Gasteiger partial charge in [0.15, 0.2) is 5.96 Å². The van der Waals surface area contributed by atoms with Crippen molar-refractivity contribution in [1.29, 1.82) is 0 Å². The topological polar surface area (TPSA) is 49.3 Å². The Labute approximate surface area is 157 Å². The SMILES string of the molecule is CCNC(=NCCOc1cccc(C)c1)N1CCC(N2CCOCC2)C1. The highest BCUT2D eigenvalue weighted by Crippen LogP contribution is 2.17. The van der Waals surface area contributed by atoms with Crippen molar-refractivity contribution < 1.29 is 9.47 Å². The lowest BCUT2D eigenvalue weighted by Crippen LogP contribution is -2.46. The second kappa shape index (κ2) is 9.78. The van der Waals surface area contributed by atoms with E-state index in [1.807, 2.05) is 12.1 Å². The molecule has 2 saturated heterocycles. The first kappa shape index (κ1) is 19.0. The normalized spacial score (nSPS) is 21.8. The highest BCUT2D eigenvalue weighted by molar-refractivity contribution is 5.80. The predicted octanol–water partition coefficient (Wildman–Crippen LogP) is 1.75. The van der Waals surface area contributed by atoms with E-state index in [4.69, 9.17) is 14.5 Å². The number of nitrogens with one attached hydrogen (secondary N) is 1. The second-order valence-corrected chi connectivity index (χ2v) is 6.94. The molecule has 2 aliphatic rings. The minimum atomic E-state index is 0.596. The van der Waals surface area contributed by atoms with Gasteiger partial charge in [0.25, 0.3) is 0 Å². The van der Waals surface area contributed by atoms with Crippen LogP contribution in [-0.4, -0.2) is 80.9 Å². The summed E-state index contributed by atoms with van der Waals surface area (Å²) in [5.41, 5.74) is 1.21. The Kier molecular flexibility index (Phi) is 7.14. The Morgan fingerprint density at radius 3 is 2.92 bits per heavy atom. The summed E-state index contributed by atoms with van der Waals surface area (Å²) < 4.78 is 11.3. The molecule has 26 heavy (non-hydrogen) atoms.